The van der Waals surface area contributed by atoms with E-state index in [0.29, 0.717) is 19.3 Å². The van der Waals surface area contributed by atoms with Gasteiger partial charge in [0.1, 0.15) is 6.54 Å². The first-order valence-corrected chi connectivity index (χ1v) is 5.93. The van der Waals surface area contributed by atoms with E-state index in [-0.39, 0.29) is 12.5 Å². The minimum atomic E-state index is -4.52. The molecule has 1 fully saturated rings. The van der Waals surface area contributed by atoms with Crippen LogP contribution in [0.2, 0.25) is 0 Å². The van der Waals surface area contributed by atoms with E-state index in [0.717, 1.165) is 29.5 Å². The average molecular weight is 274 g/mol. The van der Waals surface area contributed by atoms with Gasteiger partial charge in [-0.3, -0.25) is 9.59 Å². The molecule has 0 bridgehead atoms. The number of hydrogen-bond donors (Lipinski definition) is 0. The molecule has 0 N–H and O–H groups in total. The Kier molecular flexibility index (Phi) is 3.64. The van der Waals surface area contributed by atoms with E-state index < -0.39 is 17.3 Å². The zero-order valence-corrected chi connectivity index (χ0v) is 10.1. The standard InChI is InChI=1S/C12H13F3N2O2/c13-12(14,15)9-3-4-10(18)17(7-9)8-11(19)16-5-1-2-6-16/h3-4,7H,1-2,5-6,8H2. The fraction of sp³-hybridized carbons (Fsp3) is 0.500. The molecule has 0 saturated carbocycles. The van der Waals surface area contributed by atoms with Crippen LogP contribution in [0.5, 0.6) is 0 Å². The zero-order valence-electron chi connectivity index (χ0n) is 10.1. The highest BCUT2D eigenvalue weighted by Crippen LogP contribution is 2.28. The number of pyridine rings is 1. The lowest BCUT2D eigenvalue weighted by atomic mass is 10.2. The molecule has 1 saturated heterocycles. The van der Waals surface area contributed by atoms with Gasteiger partial charge >= 0.3 is 6.18 Å². The molecule has 19 heavy (non-hydrogen) atoms. The van der Waals surface area contributed by atoms with Crippen molar-refractivity contribution in [1.82, 2.24) is 9.47 Å². The van der Waals surface area contributed by atoms with Crippen molar-refractivity contribution >= 4 is 5.91 Å². The van der Waals surface area contributed by atoms with Gasteiger partial charge in [-0.25, -0.2) is 0 Å². The third kappa shape index (κ3) is 3.15. The maximum Gasteiger partial charge on any atom is 0.417 e. The molecular formula is C12H13F3N2O2. The molecule has 1 amide bonds. The molecule has 7 heteroatoms. The summed E-state index contributed by atoms with van der Waals surface area (Å²) >= 11 is 0. The Balaban J connectivity index is 2.19. The summed E-state index contributed by atoms with van der Waals surface area (Å²) in [5.74, 6) is -0.320. The fourth-order valence-electron chi connectivity index (χ4n) is 2.03. The van der Waals surface area contributed by atoms with Crippen LogP contribution in [0, 0.1) is 0 Å². The van der Waals surface area contributed by atoms with Crippen LogP contribution in [-0.2, 0) is 17.5 Å². The van der Waals surface area contributed by atoms with E-state index in [9.17, 15) is 22.8 Å². The van der Waals surface area contributed by atoms with Crippen LogP contribution in [-0.4, -0.2) is 28.5 Å². The van der Waals surface area contributed by atoms with Gasteiger partial charge in [0, 0.05) is 25.4 Å². The maximum absolute atomic E-state index is 12.5. The predicted molar refractivity (Wildman–Crippen MR) is 61.5 cm³/mol. The predicted octanol–water partition coefficient (Wildman–Crippen LogP) is 1.49. The molecule has 2 rings (SSSR count). The normalized spacial score (nSPS) is 15.8. The maximum atomic E-state index is 12.5. The Bertz CT molecular complexity index is 531. The van der Waals surface area contributed by atoms with Crippen LogP contribution in [0.1, 0.15) is 18.4 Å². The minimum Gasteiger partial charge on any atom is -0.341 e. The molecule has 104 valence electrons. The summed E-state index contributed by atoms with van der Waals surface area (Å²) in [7, 11) is 0. The summed E-state index contributed by atoms with van der Waals surface area (Å²) < 4.78 is 38.4. The van der Waals surface area contributed by atoms with E-state index in [4.69, 9.17) is 0 Å². The lowest BCUT2D eigenvalue weighted by Crippen LogP contribution is -2.34. The number of hydrogen-bond acceptors (Lipinski definition) is 2. The second kappa shape index (κ2) is 5.07. The number of carbonyl (C=O) groups is 1. The number of likely N-dealkylation sites (tertiary alicyclic amines) is 1. The highest BCUT2D eigenvalue weighted by Gasteiger charge is 2.31. The molecule has 0 aliphatic carbocycles. The molecule has 2 heterocycles. The number of rotatable bonds is 2. The van der Waals surface area contributed by atoms with Crippen molar-refractivity contribution in [2.24, 2.45) is 0 Å². The monoisotopic (exact) mass is 274 g/mol. The molecule has 1 aliphatic rings. The van der Waals surface area contributed by atoms with Gasteiger partial charge in [0.05, 0.1) is 5.56 Å². The molecule has 4 nitrogen and oxygen atoms in total. The summed E-state index contributed by atoms with van der Waals surface area (Å²) in [6.07, 6.45) is -2.05. The first-order valence-electron chi connectivity index (χ1n) is 5.93. The van der Waals surface area contributed by atoms with Crippen LogP contribution >= 0.6 is 0 Å². The fourth-order valence-corrected chi connectivity index (χ4v) is 2.03. The highest BCUT2D eigenvalue weighted by atomic mass is 19.4. The summed E-state index contributed by atoms with van der Waals surface area (Å²) in [5.41, 5.74) is -1.54. The zero-order chi connectivity index (χ0) is 14.0. The van der Waals surface area contributed by atoms with Crippen LogP contribution in [0.4, 0.5) is 13.2 Å². The Hall–Kier alpha value is -1.79. The van der Waals surface area contributed by atoms with E-state index in [1.165, 1.54) is 0 Å². The van der Waals surface area contributed by atoms with Crippen LogP contribution in [0.25, 0.3) is 0 Å². The number of halogens is 3. The molecule has 1 aliphatic heterocycles. The number of nitrogens with zero attached hydrogens (tertiary/aromatic N) is 2. The Morgan fingerprint density at radius 3 is 2.42 bits per heavy atom. The Morgan fingerprint density at radius 2 is 1.84 bits per heavy atom. The van der Waals surface area contributed by atoms with Gasteiger partial charge in [-0.05, 0) is 18.9 Å². The Morgan fingerprint density at radius 1 is 1.21 bits per heavy atom. The van der Waals surface area contributed by atoms with E-state index in [1.807, 2.05) is 0 Å². The molecule has 0 radical (unpaired) electrons. The van der Waals surface area contributed by atoms with Crippen molar-refractivity contribution in [1.29, 1.82) is 0 Å². The lowest BCUT2D eigenvalue weighted by molar-refractivity contribution is -0.138. The molecule has 0 atom stereocenters. The molecule has 1 aromatic rings. The summed E-state index contributed by atoms with van der Waals surface area (Å²) in [6, 6.07) is 1.55. The second-order valence-electron chi connectivity index (χ2n) is 4.47. The van der Waals surface area contributed by atoms with Gasteiger partial charge in [-0.2, -0.15) is 13.2 Å². The van der Waals surface area contributed by atoms with E-state index >= 15 is 0 Å². The number of aromatic nitrogens is 1. The smallest absolute Gasteiger partial charge is 0.341 e. The molecule has 0 spiro atoms. The first kappa shape index (κ1) is 13.6. The molecular weight excluding hydrogens is 261 g/mol. The minimum absolute atomic E-state index is 0.320. The largest absolute Gasteiger partial charge is 0.417 e. The summed E-state index contributed by atoms with van der Waals surface area (Å²) in [6.45, 7) is 0.863. The van der Waals surface area contributed by atoms with Gasteiger partial charge in [-0.1, -0.05) is 0 Å². The Labute approximate surface area is 107 Å². The highest BCUT2D eigenvalue weighted by molar-refractivity contribution is 5.76. The summed E-state index contributed by atoms with van der Waals surface area (Å²) in [4.78, 5) is 24.8. The van der Waals surface area contributed by atoms with Gasteiger partial charge in [-0.15, -0.1) is 0 Å². The quantitative estimate of drug-likeness (QED) is 0.820. The molecule has 1 aromatic heterocycles. The van der Waals surface area contributed by atoms with E-state index in [1.54, 1.807) is 4.90 Å². The van der Waals surface area contributed by atoms with Crippen molar-refractivity contribution < 1.29 is 18.0 Å². The SMILES string of the molecule is O=C(Cn1cc(C(F)(F)F)ccc1=O)N1CCCC1. The van der Waals surface area contributed by atoms with Crippen molar-refractivity contribution in [3.63, 3.8) is 0 Å². The second-order valence-corrected chi connectivity index (χ2v) is 4.47. The van der Waals surface area contributed by atoms with Crippen molar-refractivity contribution in [3.8, 4) is 0 Å². The number of alkyl halides is 3. The van der Waals surface area contributed by atoms with Crippen molar-refractivity contribution in [2.45, 2.75) is 25.6 Å². The number of carbonyl (C=O) groups excluding carboxylic acids is 1. The van der Waals surface area contributed by atoms with Crippen molar-refractivity contribution in [3.05, 3.63) is 34.2 Å². The van der Waals surface area contributed by atoms with Gasteiger partial charge in [0.15, 0.2) is 0 Å². The topological polar surface area (TPSA) is 42.3 Å². The summed E-state index contributed by atoms with van der Waals surface area (Å²) in [5, 5.41) is 0. The van der Waals surface area contributed by atoms with Gasteiger partial charge in [0.2, 0.25) is 5.91 Å². The van der Waals surface area contributed by atoms with Crippen molar-refractivity contribution in [2.75, 3.05) is 13.1 Å². The lowest BCUT2D eigenvalue weighted by Gasteiger charge is -2.16. The molecule has 0 unspecified atom stereocenters. The van der Waals surface area contributed by atoms with Crippen LogP contribution in [0.3, 0.4) is 0 Å². The van der Waals surface area contributed by atoms with Gasteiger partial charge in [0.25, 0.3) is 5.56 Å². The van der Waals surface area contributed by atoms with Crippen LogP contribution in [0.15, 0.2) is 23.1 Å². The van der Waals surface area contributed by atoms with Gasteiger partial charge < -0.3 is 9.47 Å². The third-order valence-electron chi connectivity index (χ3n) is 3.08. The number of amides is 1. The first-order chi connectivity index (χ1) is 8.88. The average Bonchev–Trinajstić information content (AvgIpc) is 2.84. The van der Waals surface area contributed by atoms with Crippen LogP contribution < -0.4 is 5.56 Å². The molecule has 0 aromatic carbocycles. The third-order valence-corrected chi connectivity index (χ3v) is 3.08. The van der Waals surface area contributed by atoms with E-state index in [2.05, 4.69) is 0 Å².